The van der Waals surface area contributed by atoms with E-state index in [2.05, 4.69) is 10.2 Å². The summed E-state index contributed by atoms with van der Waals surface area (Å²) < 4.78 is 38.1. The van der Waals surface area contributed by atoms with Crippen molar-refractivity contribution in [2.75, 3.05) is 28.3 Å². The van der Waals surface area contributed by atoms with Crippen LogP contribution >= 0.6 is 0 Å². The monoisotopic (exact) mass is 721 g/mol. The van der Waals surface area contributed by atoms with Crippen molar-refractivity contribution in [2.45, 2.75) is 159 Å². The molecule has 290 valence electrons. The number of aliphatic hydroxyl groups is 1. The molecule has 51 heavy (non-hydrogen) atoms. The molecular formula is C38H63N3O10. The van der Waals surface area contributed by atoms with Crippen LogP contribution in [0.5, 0.6) is 0 Å². The van der Waals surface area contributed by atoms with Crippen molar-refractivity contribution in [1.29, 1.82) is 0 Å². The lowest BCUT2D eigenvalue weighted by molar-refractivity contribution is -0.338. The summed E-state index contributed by atoms with van der Waals surface area (Å²) in [7, 11) is 7.44. The minimum atomic E-state index is -1.40. The number of hydrogen-bond acceptors (Lipinski definition) is 11. The molecule has 0 aromatic heterocycles. The van der Waals surface area contributed by atoms with Crippen molar-refractivity contribution in [3.63, 3.8) is 0 Å². The highest BCUT2D eigenvalue weighted by Gasteiger charge is 2.58. The number of methoxy groups -OCH3 is 1. The van der Waals surface area contributed by atoms with Gasteiger partial charge in [0.2, 0.25) is 11.8 Å². The zero-order valence-corrected chi connectivity index (χ0v) is 32.5. The number of hydrogen-bond donors (Lipinski definition) is 2. The zero-order valence-electron chi connectivity index (χ0n) is 32.5. The first-order valence-corrected chi connectivity index (χ1v) is 18.8. The minimum absolute atomic E-state index is 0.0553. The average molecular weight is 722 g/mol. The highest BCUT2D eigenvalue weighted by molar-refractivity contribution is 5.83. The number of amides is 2. The number of fused-ring (bicyclic) bond motifs is 3. The second-order valence-corrected chi connectivity index (χ2v) is 16.5. The van der Waals surface area contributed by atoms with E-state index in [1.165, 1.54) is 6.92 Å². The highest BCUT2D eigenvalue weighted by Crippen LogP contribution is 2.47. The van der Waals surface area contributed by atoms with Crippen LogP contribution in [0.25, 0.3) is 0 Å². The van der Waals surface area contributed by atoms with Crippen LogP contribution < -0.4 is 5.32 Å². The van der Waals surface area contributed by atoms with Crippen LogP contribution in [0, 0.1) is 23.7 Å². The standard InChI is InChI=1S/C38H63N3O10/c1-20-17-38(45)18-27-29(40(8)9)16-21(2)47-36(27)51-32(38)22(3)31(50-30-19-37(7,46-11)33(24(5)48-30)49-25(6)42)23(4)34(43)39-28-15-13-12-14-26(28)35(44)41(20)10/h12-13,20-24,26-33,36,45H,14-19H2,1-11H3,(H,39,43)/t20-,21-,22+,23-,24+,26-,27-,28+,29+,30+,31+,32-,33+,36+,37-,38+/m1/s1. The SMILES string of the molecule is CO[C@]1(C)C[C@H](O[C@H]2[C@H](C)[C@H]3O[C@@H]4O[C@H](C)C[C@H](N(C)C)[C@H]4C[C@@]3(O)C[C@@H](C)N(C)C(=O)[C@@H]3CC=CC[C@@H]3NC(=O)[C@@H]2C)O[C@@H](C)[C@@H]1OC(C)=O. The van der Waals surface area contributed by atoms with Crippen molar-refractivity contribution in [3.8, 4) is 0 Å². The van der Waals surface area contributed by atoms with Gasteiger partial charge in [-0.05, 0) is 73.9 Å². The third kappa shape index (κ3) is 8.19. The molecule has 13 heteroatoms. The van der Waals surface area contributed by atoms with Crippen LogP contribution in [0.15, 0.2) is 12.2 Å². The quantitative estimate of drug-likeness (QED) is 0.319. The van der Waals surface area contributed by atoms with Gasteiger partial charge in [-0.2, -0.15) is 0 Å². The van der Waals surface area contributed by atoms with Gasteiger partial charge in [-0.15, -0.1) is 0 Å². The molecule has 5 rings (SSSR count). The number of carbonyl (C=O) groups excluding carboxylic acids is 3. The molecule has 0 aromatic rings. The van der Waals surface area contributed by atoms with Gasteiger partial charge in [0.25, 0.3) is 0 Å². The van der Waals surface area contributed by atoms with Crippen LogP contribution in [-0.4, -0.2) is 133 Å². The predicted molar refractivity (Wildman–Crippen MR) is 188 cm³/mol. The summed E-state index contributed by atoms with van der Waals surface area (Å²) in [6.45, 7) is 12.8. The Morgan fingerprint density at radius 3 is 2.37 bits per heavy atom. The maximum atomic E-state index is 14.3. The predicted octanol–water partition coefficient (Wildman–Crippen LogP) is 3.02. The van der Waals surface area contributed by atoms with E-state index in [-0.39, 0.29) is 48.8 Å². The van der Waals surface area contributed by atoms with Crippen molar-refractivity contribution in [1.82, 2.24) is 15.1 Å². The number of rotatable bonds is 5. The maximum Gasteiger partial charge on any atom is 0.303 e. The Morgan fingerprint density at radius 2 is 1.73 bits per heavy atom. The van der Waals surface area contributed by atoms with E-state index in [0.29, 0.717) is 19.3 Å². The van der Waals surface area contributed by atoms with Crippen molar-refractivity contribution < 1.29 is 47.9 Å². The molecule has 0 unspecified atom stereocenters. The second-order valence-electron chi connectivity index (χ2n) is 16.5. The van der Waals surface area contributed by atoms with E-state index in [1.54, 1.807) is 19.1 Å². The zero-order chi connectivity index (χ0) is 37.6. The number of nitrogens with one attached hydrogen (secondary N) is 1. The van der Waals surface area contributed by atoms with Gasteiger partial charge in [-0.3, -0.25) is 14.4 Å². The fourth-order valence-corrected chi connectivity index (χ4v) is 9.51. The lowest BCUT2D eigenvalue weighted by atomic mass is 9.69. The summed E-state index contributed by atoms with van der Waals surface area (Å²) in [4.78, 5) is 44.3. The molecule has 0 aromatic carbocycles. The first-order valence-electron chi connectivity index (χ1n) is 18.8. The van der Waals surface area contributed by atoms with Crippen LogP contribution in [0.2, 0.25) is 0 Å². The van der Waals surface area contributed by atoms with Gasteiger partial charge in [-0.1, -0.05) is 26.0 Å². The van der Waals surface area contributed by atoms with Crippen molar-refractivity contribution >= 4 is 17.8 Å². The second kappa shape index (κ2) is 15.7. The fourth-order valence-electron chi connectivity index (χ4n) is 9.51. The Kier molecular flexibility index (Phi) is 12.3. The summed E-state index contributed by atoms with van der Waals surface area (Å²) in [6, 6.07) is -0.614. The van der Waals surface area contributed by atoms with E-state index >= 15 is 0 Å². The molecule has 0 saturated carbocycles. The molecule has 4 heterocycles. The molecular weight excluding hydrogens is 658 g/mol. The molecule has 4 aliphatic heterocycles. The van der Waals surface area contributed by atoms with Gasteiger partial charge in [-0.25, -0.2) is 0 Å². The molecule has 1 aliphatic carbocycles. The molecule has 4 saturated heterocycles. The Balaban J connectivity index is 1.56. The van der Waals surface area contributed by atoms with Gasteiger partial charge in [0.15, 0.2) is 18.7 Å². The molecule has 5 aliphatic rings. The van der Waals surface area contributed by atoms with E-state index in [9.17, 15) is 19.5 Å². The smallest absolute Gasteiger partial charge is 0.303 e. The van der Waals surface area contributed by atoms with Crippen LogP contribution in [0.3, 0.4) is 0 Å². The van der Waals surface area contributed by atoms with Gasteiger partial charge >= 0.3 is 5.97 Å². The lowest BCUT2D eigenvalue weighted by Gasteiger charge is -2.56. The Bertz CT molecular complexity index is 1300. The number of allylic oxidation sites excluding steroid dienone is 1. The van der Waals surface area contributed by atoms with Crippen molar-refractivity contribution in [2.24, 2.45) is 23.7 Å². The van der Waals surface area contributed by atoms with E-state index in [0.717, 1.165) is 6.42 Å². The summed E-state index contributed by atoms with van der Waals surface area (Å²) in [6.07, 6.45) is 2.40. The Labute approximate surface area is 304 Å². The Hall–Kier alpha value is -2.13. The average Bonchev–Trinajstić information content (AvgIpc) is 3.06. The fraction of sp³-hybridized carbons (Fsp3) is 0.868. The number of esters is 1. The van der Waals surface area contributed by atoms with Gasteiger partial charge in [0.05, 0.1) is 41.9 Å². The van der Waals surface area contributed by atoms with Crippen LogP contribution in [0.4, 0.5) is 0 Å². The Morgan fingerprint density at radius 1 is 1.04 bits per heavy atom. The summed E-state index contributed by atoms with van der Waals surface area (Å²) in [5.74, 6) is -2.60. The summed E-state index contributed by atoms with van der Waals surface area (Å²) >= 11 is 0. The largest absolute Gasteiger partial charge is 0.457 e. The topological polar surface area (TPSA) is 145 Å². The molecule has 2 amide bonds. The first kappa shape index (κ1) is 40.1. The van der Waals surface area contributed by atoms with Gasteiger partial charge in [0.1, 0.15) is 5.60 Å². The summed E-state index contributed by atoms with van der Waals surface area (Å²) in [5.41, 5.74) is -2.33. The van der Waals surface area contributed by atoms with Gasteiger partial charge < -0.3 is 48.6 Å². The normalized spacial score (nSPS) is 46.8. The van der Waals surface area contributed by atoms with E-state index < -0.39 is 78.0 Å². The van der Waals surface area contributed by atoms with Crippen LogP contribution in [-0.2, 0) is 42.8 Å². The molecule has 13 nitrogen and oxygen atoms in total. The lowest BCUT2D eigenvalue weighted by Crippen LogP contribution is -2.65. The first-order chi connectivity index (χ1) is 23.9. The third-order valence-corrected chi connectivity index (χ3v) is 12.5. The molecule has 4 fully saturated rings. The molecule has 2 N–H and O–H groups in total. The molecule has 0 bridgehead atoms. The summed E-state index contributed by atoms with van der Waals surface area (Å²) in [5, 5.41) is 16.2. The minimum Gasteiger partial charge on any atom is -0.457 e. The molecule has 0 radical (unpaired) electrons. The van der Waals surface area contributed by atoms with Crippen molar-refractivity contribution in [3.05, 3.63) is 12.2 Å². The molecule has 0 spiro atoms. The number of nitrogens with zero attached hydrogens (tertiary/aromatic N) is 2. The molecule has 16 atom stereocenters. The van der Waals surface area contributed by atoms with E-state index in [4.69, 9.17) is 28.4 Å². The van der Waals surface area contributed by atoms with Gasteiger partial charge in [0, 0.05) is 57.5 Å². The highest BCUT2D eigenvalue weighted by atomic mass is 16.7. The number of ether oxygens (including phenoxy) is 6. The number of carbonyl (C=O) groups is 3. The van der Waals surface area contributed by atoms with Crippen LogP contribution in [0.1, 0.15) is 87.0 Å². The third-order valence-electron chi connectivity index (χ3n) is 12.5. The van der Waals surface area contributed by atoms with E-state index in [1.807, 2.05) is 67.8 Å². The maximum absolute atomic E-state index is 14.3.